The van der Waals surface area contributed by atoms with Crippen molar-refractivity contribution in [3.8, 4) is 0 Å². The standard InChI is InChI=1S/C13H11B/c14-12-7-10-5-1-3-9-4-2-6-11(8-12)13(9)10/h1,3,5,7-8H,2,4,6H2. The summed E-state index contributed by atoms with van der Waals surface area (Å²) in [6.45, 7) is 0. The Hall–Kier alpha value is -1.24. The van der Waals surface area contributed by atoms with Crippen LogP contribution in [0.25, 0.3) is 10.8 Å². The third-order valence-electron chi connectivity index (χ3n) is 3.06. The number of aryl methyl sites for hydroxylation is 2. The Balaban J connectivity index is 2.48. The zero-order valence-corrected chi connectivity index (χ0v) is 8.09. The first-order valence-electron chi connectivity index (χ1n) is 5.14. The zero-order chi connectivity index (χ0) is 9.54. The van der Waals surface area contributed by atoms with Crippen molar-refractivity contribution in [2.75, 3.05) is 0 Å². The van der Waals surface area contributed by atoms with E-state index in [1.54, 1.807) is 0 Å². The van der Waals surface area contributed by atoms with Crippen molar-refractivity contribution in [3.05, 3.63) is 41.5 Å². The molecule has 0 aliphatic heterocycles. The predicted molar refractivity (Wildman–Crippen MR) is 61.4 cm³/mol. The summed E-state index contributed by atoms with van der Waals surface area (Å²) in [6, 6.07) is 10.7. The zero-order valence-electron chi connectivity index (χ0n) is 8.09. The summed E-state index contributed by atoms with van der Waals surface area (Å²) in [6.07, 6.45) is 3.66. The maximum atomic E-state index is 5.87. The van der Waals surface area contributed by atoms with Gasteiger partial charge in [0.15, 0.2) is 0 Å². The van der Waals surface area contributed by atoms with Crippen LogP contribution in [-0.2, 0) is 12.8 Å². The van der Waals surface area contributed by atoms with Crippen LogP contribution in [-0.4, -0.2) is 7.85 Å². The number of rotatable bonds is 0. The van der Waals surface area contributed by atoms with Crippen LogP contribution in [0.15, 0.2) is 30.3 Å². The summed E-state index contributed by atoms with van der Waals surface area (Å²) in [5, 5.41) is 2.75. The van der Waals surface area contributed by atoms with Gasteiger partial charge in [-0.1, -0.05) is 35.8 Å². The molecular formula is C13H11B. The molecule has 0 spiro atoms. The number of hydrogen-bond acceptors (Lipinski definition) is 0. The van der Waals surface area contributed by atoms with E-state index in [-0.39, 0.29) is 0 Å². The Morgan fingerprint density at radius 1 is 1.00 bits per heavy atom. The van der Waals surface area contributed by atoms with Gasteiger partial charge in [-0.15, -0.1) is 0 Å². The van der Waals surface area contributed by atoms with E-state index in [2.05, 4.69) is 30.3 Å². The summed E-state index contributed by atoms with van der Waals surface area (Å²) >= 11 is 0. The van der Waals surface area contributed by atoms with Gasteiger partial charge in [-0.3, -0.25) is 0 Å². The summed E-state index contributed by atoms with van der Waals surface area (Å²) < 4.78 is 0. The Kier molecular flexibility index (Phi) is 1.67. The van der Waals surface area contributed by atoms with Gasteiger partial charge in [-0.25, -0.2) is 0 Å². The van der Waals surface area contributed by atoms with Gasteiger partial charge in [-0.2, -0.15) is 0 Å². The first-order valence-corrected chi connectivity index (χ1v) is 5.14. The second-order valence-corrected chi connectivity index (χ2v) is 4.05. The molecule has 0 N–H and O–H groups in total. The molecule has 0 saturated heterocycles. The van der Waals surface area contributed by atoms with Crippen molar-refractivity contribution in [1.29, 1.82) is 0 Å². The van der Waals surface area contributed by atoms with Crippen molar-refractivity contribution in [3.63, 3.8) is 0 Å². The fourth-order valence-corrected chi connectivity index (χ4v) is 2.50. The highest BCUT2D eigenvalue weighted by Crippen LogP contribution is 2.28. The minimum absolute atomic E-state index is 0.895. The average molecular weight is 178 g/mol. The van der Waals surface area contributed by atoms with Gasteiger partial charge < -0.3 is 0 Å². The van der Waals surface area contributed by atoms with E-state index in [4.69, 9.17) is 7.85 Å². The fourth-order valence-electron chi connectivity index (χ4n) is 2.50. The van der Waals surface area contributed by atoms with Crippen LogP contribution in [0, 0.1) is 0 Å². The minimum atomic E-state index is 0.895. The molecule has 1 aliphatic rings. The molecule has 0 fully saturated rings. The van der Waals surface area contributed by atoms with Crippen LogP contribution >= 0.6 is 0 Å². The SMILES string of the molecule is [B]c1cc2c3c(cccc3c1)CCC2. The third-order valence-corrected chi connectivity index (χ3v) is 3.06. The van der Waals surface area contributed by atoms with Crippen molar-refractivity contribution in [2.45, 2.75) is 19.3 Å². The van der Waals surface area contributed by atoms with E-state index >= 15 is 0 Å². The highest BCUT2D eigenvalue weighted by atomic mass is 14.2. The molecule has 14 heavy (non-hydrogen) atoms. The molecule has 2 aromatic carbocycles. The van der Waals surface area contributed by atoms with Gasteiger partial charge >= 0.3 is 0 Å². The normalized spacial score (nSPS) is 14.6. The molecule has 66 valence electrons. The molecule has 0 bridgehead atoms. The fraction of sp³-hybridized carbons (Fsp3) is 0.231. The quantitative estimate of drug-likeness (QED) is 0.542. The van der Waals surface area contributed by atoms with E-state index < -0.39 is 0 Å². The topological polar surface area (TPSA) is 0 Å². The summed E-state index contributed by atoms with van der Waals surface area (Å²) in [5.74, 6) is 0. The first kappa shape index (κ1) is 8.10. The van der Waals surface area contributed by atoms with Gasteiger partial charge in [0.25, 0.3) is 0 Å². The lowest BCUT2D eigenvalue weighted by atomic mass is 9.83. The highest BCUT2D eigenvalue weighted by Gasteiger charge is 2.11. The molecule has 0 nitrogen and oxygen atoms in total. The Morgan fingerprint density at radius 3 is 2.79 bits per heavy atom. The highest BCUT2D eigenvalue weighted by molar-refractivity contribution is 6.33. The molecule has 2 aromatic rings. The van der Waals surface area contributed by atoms with Gasteiger partial charge in [0.2, 0.25) is 0 Å². The maximum Gasteiger partial charge on any atom is 0.113 e. The molecule has 0 saturated carbocycles. The Morgan fingerprint density at radius 2 is 1.86 bits per heavy atom. The second kappa shape index (κ2) is 2.88. The van der Waals surface area contributed by atoms with Crippen LogP contribution in [0.4, 0.5) is 0 Å². The summed E-state index contributed by atoms with van der Waals surface area (Å²) in [7, 11) is 5.87. The molecule has 3 rings (SSSR count). The van der Waals surface area contributed by atoms with E-state index in [1.807, 2.05) is 0 Å². The average Bonchev–Trinajstić information content (AvgIpc) is 2.18. The smallest absolute Gasteiger partial charge is 0.0958 e. The second-order valence-electron chi connectivity index (χ2n) is 4.05. The van der Waals surface area contributed by atoms with Crippen molar-refractivity contribution in [1.82, 2.24) is 0 Å². The largest absolute Gasteiger partial charge is 0.113 e. The van der Waals surface area contributed by atoms with Crippen LogP contribution in [0.5, 0.6) is 0 Å². The lowest BCUT2D eigenvalue weighted by Crippen LogP contribution is -2.08. The third kappa shape index (κ3) is 1.08. The Bertz CT molecular complexity index is 500. The van der Waals surface area contributed by atoms with E-state index in [1.165, 1.54) is 41.2 Å². The minimum Gasteiger partial charge on any atom is -0.0958 e. The molecule has 0 heterocycles. The predicted octanol–water partition coefficient (Wildman–Crippen LogP) is 2.12. The monoisotopic (exact) mass is 178 g/mol. The van der Waals surface area contributed by atoms with E-state index in [0.717, 1.165) is 5.46 Å². The van der Waals surface area contributed by atoms with Crippen LogP contribution in [0.1, 0.15) is 17.5 Å². The maximum absolute atomic E-state index is 5.87. The number of benzene rings is 2. The lowest BCUT2D eigenvalue weighted by Gasteiger charge is -2.17. The summed E-state index contributed by atoms with van der Waals surface area (Å²) in [5.41, 5.74) is 3.82. The van der Waals surface area contributed by atoms with Crippen LogP contribution < -0.4 is 5.46 Å². The number of hydrogen-bond donors (Lipinski definition) is 0. The van der Waals surface area contributed by atoms with Crippen molar-refractivity contribution in [2.24, 2.45) is 0 Å². The van der Waals surface area contributed by atoms with Crippen molar-refractivity contribution >= 4 is 24.1 Å². The molecular weight excluding hydrogens is 167 g/mol. The molecule has 0 amide bonds. The van der Waals surface area contributed by atoms with Crippen molar-refractivity contribution < 1.29 is 0 Å². The molecule has 1 aliphatic carbocycles. The van der Waals surface area contributed by atoms with Gasteiger partial charge in [-0.05, 0) is 41.2 Å². The van der Waals surface area contributed by atoms with E-state index in [0.29, 0.717) is 0 Å². The summed E-state index contributed by atoms with van der Waals surface area (Å²) in [4.78, 5) is 0. The lowest BCUT2D eigenvalue weighted by molar-refractivity contribution is 0.809. The van der Waals surface area contributed by atoms with Gasteiger partial charge in [0, 0.05) is 0 Å². The van der Waals surface area contributed by atoms with Crippen LogP contribution in [0.3, 0.4) is 0 Å². The van der Waals surface area contributed by atoms with Gasteiger partial charge in [0.1, 0.15) is 7.85 Å². The molecule has 0 aromatic heterocycles. The molecule has 2 radical (unpaired) electrons. The first-order chi connectivity index (χ1) is 6.84. The molecule has 1 heteroatoms. The van der Waals surface area contributed by atoms with Crippen LogP contribution in [0.2, 0.25) is 0 Å². The van der Waals surface area contributed by atoms with Gasteiger partial charge in [0.05, 0.1) is 0 Å². The molecule has 0 unspecified atom stereocenters. The Labute approximate surface area is 85.4 Å². The van der Waals surface area contributed by atoms with E-state index in [9.17, 15) is 0 Å². The molecule has 0 atom stereocenters.